The molecule has 27 heavy (non-hydrogen) atoms. The molecule has 0 spiro atoms. The molecule has 0 aliphatic carbocycles. The SMILES string of the molecule is CSCCCNC(=NCc1nnc(C)n1C)NCCc1cccc(Cl)c1.I. The highest BCUT2D eigenvalue weighted by molar-refractivity contribution is 14.0. The summed E-state index contributed by atoms with van der Waals surface area (Å²) in [6.07, 6.45) is 4.10. The van der Waals surface area contributed by atoms with Gasteiger partial charge in [0.25, 0.3) is 0 Å². The molecule has 0 fully saturated rings. The van der Waals surface area contributed by atoms with E-state index in [9.17, 15) is 0 Å². The minimum atomic E-state index is 0. The Labute approximate surface area is 188 Å². The molecule has 0 bridgehead atoms. The van der Waals surface area contributed by atoms with Crippen LogP contribution in [0.5, 0.6) is 0 Å². The zero-order valence-corrected chi connectivity index (χ0v) is 19.9. The van der Waals surface area contributed by atoms with Gasteiger partial charge in [-0.3, -0.25) is 0 Å². The Hall–Kier alpha value is -1.000. The average molecular weight is 523 g/mol. The quantitative estimate of drug-likeness (QED) is 0.229. The van der Waals surface area contributed by atoms with E-state index in [-0.39, 0.29) is 24.0 Å². The molecule has 9 heteroatoms. The van der Waals surface area contributed by atoms with Crippen molar-refractivity contribution in [2.24, 2.45) is 12.0 Å². The van der Waals surface area contributed by atoms with Crippen LogP contribution in [0.4, 0.5) is 0 Å². The lowest BCUT2D eigenvalue weighted by atomic mass is 10.1. The Morgan fingerprint density at radius 2 is 2.04 bits per heavy atom. The maximum atomic E-state index is 6.05. The molecule has 2 N–H and O–H groups in total. The molecule has 0 unspecified atom stereocenters. The molecule has 1 aromatic heterocycles. The van der Waals surface area contributed by atoms with Crippen molar-refractivity contribution in [3.05, 3.63) is 46.5 Å². The van der Waals surface area contributed by atoms with Gasteiger partial charge in [0.1, 0.15) is 12.4 Å². The molecule has 0 aliphatic rings. The average Bonchev–Trinajstić information content (AvgIpc) is 2.94. The first-order valence-electron chi connectivity index (χ1n) is 8.70. The molecule has 0 aliphatic heterocycles. The number of hydrogen-bond donors (Lipinski definition) is 2. The summed E-state index contributed by atoms with van der Waals surface area (Å²) in [5.41, 5.74) is 1.20. The van der Waals surface area contributed by atoms with E-state index in [1.54, 1.807) is 0 Å². The number of thioether (sulfide) groups is 1. The lowest BCUT2D eigenvalue weighted by Crippen LogP contribution is -2.39. The van der Waals surface area contributed by atoms with E-state index in [0.717, 1.165) is 54.3 Å². The van der Waals surface area contributed by atoms with Crippen LogP contribution in [0.25, 0.3) is 0 Å². The van der Waals surface area contributed by atoms with Crippen molar-refractivity contribution in [2.45, 2.75) is 26.3 Å². The largest absolute Gasteiger partial charge is 0.356 e. The summed E-state index contributed by atoms with van der Waals surface area (Å²) < 4.78 is 1.96. The van der Waals surface area contributed by atoms with Crippen molar-refractivity contribution < 1.29 is 0 Å². The number of aryl methyl sites for hydroxylation is 1. The molecule has 0 amide bonds. The Kier molecular flexibility index (Phi) is 11.8. The third-order valence-electron chi connectivity index (χ3n) is 3.97. The number of aliphatic imine (C=N–C) groups is 1. The van der Waals surface area contributed by atoms with Crippen molar-refractivity contribution in [2.75, 3.05) is 25.1 Å². The van der Waals surface area contributed by atoms with Gasteiger partial charge in [0, 0.05) is 25.2 Å². The lowest BCUT2D eigenvalue weighted by Gasteiger charge is -2.12. The van der Waals surface area contributed by atoms with Crippen molar-refractivity contribution in [3.63, 3.8) is 0 Å². The van der Waals surface area contributed by atoms with Crippen molar-refractivity contribution in [1.29, 1.82) is 0 Å². The van der Waals surface area contributed by atoms with Crippen LogP contribution < -0.4 is 10.6 Å². The number of benzene rings is 1. The Bertz CT molecular complexity index is 722. The number of nitrogens with one attached hydrogen (secondary N) is 2. The molecule has 2 rings (SSSR count). The van der Waals surface area contributed by atoms with Crippen LogP contribution in [0.2, 0.25) is 5.02 Å². The van der Waals surface area contributed by atoms with Gasteiger partial charge in [-0.25, -0.2) is 4.99 Å². The summed E-state index contributed by atoms with van der Waals surface area (Å²) in [6, 6.07) is 7.94. The number of halogens is 2. The van der Waals surface area contributed by atoms with E-state index in [2.05, 4.69) is 38.1 Å². The normalized spacial score (nSPS) is 11.2. The molecule has 6 nitrogen and oxygen atoms in total. The van der Waals surface area contributed by atoms with Crippen LogP contribution in [0.15, 0.2) is 29.3 Å². The van der Waals surface area contributed by atoms with Crippen molar-refractivity contribution in [1.82, 2.24) is 25.4 Å². The van der Waals surface area contributed by atoms with Gasteiger partial charge in [-0.1, -0.05) is 23.7 Å². The fraction of sp³-hybridized carbons (Fsp3) is 0.500. The summed E-state index contributed by atoms with van der Waals surface area (Å²) in [5, 5.41) is 15.8. The molecule has 0 saturated carbocycles. The van der Waals surface area contributed by atoms with Crippen LogP contribution in [-0.2, 0) is 20.0 Å². The van der Waals surface area contributed by atoms with E-state index in [1.165, 1.54) is 5.56 Å². The first-order chi connectivity index (χ1) is 12.6. The van der Waals surface area contributed by atoms with Crippen LogP contribution in [-0.4, -0.2) is 45.8 Å². The maximum absolute atomic E-state index is 6.05. The maximum Gasteiger partial charge on any atom is 0.191 e. The molecule has 1 aromatic carbocycles. The van der Waals surface area contributed by atoms with E-state index < -0.39 is 0 Å². The number of aromatic nitrogens is 3. The van der Waals surface area contributed by atoms with Gasteiger partial charge < -0.3 is 15.2 Å². The fourth-order valence-corrected chi connectivity index (χ4v) is 3.00. The second-order valence-corrected chi connectivity index (χ2v) is 7.39. The second-order valence-electron chi connectivity index (χ2n) is 5.97. The van der Waals surface area contributed by atoms with Crippen molar-refractivity contribution >= 4 is 53.3 Å². The van der Waals surface area contributed by atoms with Gasteiger partial charge in [0.2, 0.25) is 0 Å². The minimum Gasteiger partial charge on any atom is -0.356 e. The monoisotopic (exact) mass is 522 g/mol. The number of rotatable bonds is 9. The first-order valence-corrected chi connectivity index (χ1v) is 10.5. The summed E-state index contributed by atoms with van der Waals surface area (Å²) in [5.74, 6) is 3.67. The molecule has 0 radical (unpaired) electrons. The minimum absolute atomic E-state index is 0. The topological polar surface area (TPSA) is 67.1 Å². The van der Waals surface area contributed by atoms with Gasteiger partial charge >= 0.3 is 0 Å². The molecule has 2 aromatic rings. The van der Waals surface area contributed by atoms with Gasteiger partial charge in [0.05, 0.1) is 0 Å². The highest BCUT2D eigenvalue weighted by Crippen LogP contribution is 2.10. The highest BCUT2D eigenvalue weighted by Gasteiger charge is 2.05. The third kappa shape index (κ3) is 8.69. The zero-order valence-electron chi connectivity index (χ0n) is 16.0. The standard InChI is InChI=1S/C18H27ClN6S.HI/c1-14-23-24-17(25(14)2)13-22-18(20-9-5-11-26-3)21-10-8-15-6-4-7-16(19)12-15;/h4,6-7,12H,5,8-11,13H2,1-3H3,(H2,20,21,22);1H. The summed E-state index contributed by atoms with van der Waals surface area (Å²) >= 11 is 7.90. The highest BCUT2D eigenvalue weighted by atomic mass is 127. The number of nitrogens with zero attached hydrogens (tertiary/aromatic N) is 4. The summed E-state index contributed by atoms with van der Waals surface area (Å²) in [7, 11) is 1.96. The molecule has 0 saturated heterocycles. The molecule has 0 atom stereocenters. The van der Waals surface area contributed by atoms with Crippen molar-refractivity contribution in [3.8, 4) is 0 Å². The van der Waals surface area contributed by atoms with E-state index in [4.69, 9.17) is 11.6 Å². The summed E-state index contributed by atoms with van der Waals surface area (Å²) in [6.45, 7) is 4.10. The summed E-state index contributed by atoms with van der Waals surface area (Å²) in [4.78, 5) is 4.65. The number of hydrogen-bond acceptors (Lipinski definition) is 4. The zero-order chi connectivity index (χ0) is 18.8. The van der Waals surface area contributed by atoms with Gasteiger partial charge in [-0.15, -0.1) is 34.2 Å². The van der Waals surface area contributed by atoms with E-state index in [1.807, 2.05) is 48.5 Å². The van der Waals surface area contributed by atoms with Crippen LogP contribution >= 0.6 is 47.3 Å². The Balaban J connectivity index is 0.00000364. The first kappa shape index (κ1) is 24.0. The molecule has 150 valence electrons. The Morgan fingerprint density at radius 3 is 2.70 bits per heavy atom. The second kappa shape index (κ2) is 13.2. The smallest absolute Gasteiger partial charge is 0.191 e. The lowest BCUT2D eigenvalue weighted by molar-refractivity contribution is 0.742. The molecule has 1 heterocycles. The van der Waals surface area contributed by atoms with Gasteiger partial charge in [-0.2, -0.15) is 11.8 Å². The van der Waals surface area contributed by atoms with Crippen LogP contribution in [0, 0.1) is 6.92 Å². The predicted octanol–water partition coefficient (Wildman–Crippen LogP) is 3.43. The third-order valence-corrected chi connectivity index (χ3v) is 4.91. The fourth-order valence-electron chi connectivity index (χ4n) is 2.35. The van der Waals surface area contributed by atoms with Crippen LogP contribution in [0.3, 0.4) is 0 Å². The van der Waals surface area contributed by atoms with Gasteiger partial charge in [-0.05, 0) is 49.5 Å². The van der Waals surface area contributed by atoms with Crippen LogP contribution in [0.1, 0.15) is 23.6 Å². The number of guanidine groups is 1. The predicted molar refractivity (Wildman–Crippen MR) is 126 cm³/mol. The van der Waals surface area contributed by atoms with Gasteiger partial charge in [0.15, 0.2) is 11.8 Å². The van der Waals surface area contributed by atoms with E-state index >= 15 is 0 Å². The molecular formula is C18H28ClIN6S. The van der Waals surface area contributed by atoms with E-state index in [0.29, 0.717) is 6.54 Å². The molecular weight excluding hydrogens is 495 g/mol. The Morgan fingerprint density at radius 1 is 1.26 bits per heavy atom.